The molecule has 0 amide bonds. The van der Waals surface area contributed by atoms with Crippen molar-refractivity contribution >= 4 is 11.8 Å². The molecule has 2 aromatic rings. The molecule has 0 saturated carbocycles. The zero-order valence-electron chi connectivity index (χ0n) is 11.3. The average molecular weight is 288 g/mol. The van der Waals surface area contributed by atoms with Gasteiger partial charge in [-0.25, -0.2) is 4.98 Å². The Morgan fingerprint density at radius 2 is 2.30 bits per heavy atom. The summed E-state index contributed by atoms with van der Waals surface area (Å²) in [5, 5.41) is 0. The molecule has 1 N–H and O–H groups in total. The SMILES string of the molecule is CCCc1cc(=O)[nH]c(C2CSc3ccccc3O2)n1. The number of thioether (sulfide) groups is 1. The highest BCUT2D eigenvalue weighted by molar-refractivity contribution is 7.99. The Labute approximate surface area is 121 Å². The summed E-state index contributed by atoms with van der Waals surface area (Å²) in [7, 11) is 0. The number of para-hydroxylation sites is 1. The molecule has 1 unspecified atom stereocenters. The first-order valence-electron chi connectivity index (χ1n) is 6.75. The first-order valence-corrected chi connectivity index (χ1v) is 7.73. The van der Waals surface area contributed by atoms with Crippen molar-refractivity contribution in [2.75, 3.05) is 5.75 Å². The van der Waals surface area contributed by atoms with Gasteiger partial charge in [-0.3, -0.25) is 4.79 Å². The summed E-state index contributed by atoms with van der Waals surface area (Å²) in [4.78, 5) is 20.2. The van der Waals surface area contributed by atoms with E-state index in [1.54, 1.807) is 17.8 Å². The van der Waals surface area contributed by atoms with Gasteiger partial charge in [0.15, 0.2) is 11.9 Å². The van der Waals surface area contributed by atoms with Crippen LogP contribution in [0.1, 0.15) is 31.0 Å². The smallest absolute Gasteiger partial charge is 0.251 e. The first-order chi connectivity index (χ1) is 9.76. The number of rotatable bonds is 3. The first kappa shape index (κ1) is 13.2. The normalized spacial score (nSPS) is 17.4. The van der Waals surface area contributed by atoms with Crippen LogP contribution in [0.5, 0.6) is 5.75 Å². The number of benzene rings is 1. The van der Waals surface area contributed by atoms with E-state index in [4.69, 9.17) is 4.74 Å². The highest BCUT2D eigenvalue weighted by atomic mass is 32.2. The lowest BCUT2D eigenvalue weighted by molar-refractivity contribution is 0.209. The molecule has 0 radical (unpaired) electrons. The van der Waals surface area contributed by atoms with Gasteiger partial charge in [-0.15, -0.1) is 11.8 Å². The summed E-state index contributed by atoms with van der Waals surface area (Å²) in [6, 6.07) is 9.50. The Bertz CT molecular complexity index is 669. The molecule has 4 nitrogen and oxygen atoms in total. The van der Waals surface area contributed by atoms with E-state index < -0.39 is 0 Å². The number of nitrogens with one attached hydrogen (secondary N) is 1. The molecule has 1 aliphatic rings. The van der Waals surface area contributed by atoms with Crippen LogP contribution in [-0.2, 0) is 6.42 Å². The van der Waals surface area contributed by atoms with Crippen molar-refractivity contribution in [1.82, 2.24) is 9.97 Å². The predicted octanol–water partition coefficient (Wildman–Crippen LogP) is 2.95. The maximum absolute atomic E-state index is 11.7. The van der Waals surface area contributed by atoms with E-state index in [0.717, 1.165) is 34.9 Å². The minimum Gasteiger partial charge on any atom is -0.480 e. The van der Waals surface area contributed by atoms with Gasteiger partial charge in [-0.05, 0) is 18.6 Å². The fourth-order valence-corrected chi connectivity index (χ4v) is 3.21. The molecule has 1 aromatic heterocycles. The van der Waals surface area contributed by atoms with Crippen LogP contribution >= 0.6 is 11.8 Å². The Hall–Kier alpha value is -1.75. The molecule has 0 aliphatic carbocycles. The summed E-state index contributed by atoms with van der Waals surface area (Å²) in [6.07, 6.45) is 1.59. The largest absolute Gasteiger partial charge is 0.480 e. The predicted molar refractivity (Wildman–Crippen MR) is 79.4 cm³/mol. The second-order valence-corrected chi connectivity index (χ2v) is 5.80. The maximum atomic E-state index is 11.7. The Morgan fingerprint density at radius 3 is 3.15 bits per heavy atom. The number of H-pyrrole nitrogens is 1. The number of hydrogen-bond acceptors (Lipinski definition) is 4. The summed E-state index contributed by atoms with van der Waals surface area (Å²) < 4.78 is 5.95. The molecule has 2 heterocycles. The number of hydrogen-bond donors (Lipinski definition) is 1. The molecule has 0 spiro atoms. The minimum absolute atomic E-state index is 0.106. The topological polar surface area (TPSA) is 55.0 Å². The summed E-state index contributed by atoms with van der Waals surface area (Å²) in [5.74, 6) is 2.25. The van der Waals surface area contributed by atoms with E-state index in [9.17, 15) is 4.79 Å². The molecule has 1 aliphatic heterocycles. The van der Waals surface area contributed by atoms with Crippen molar-refractivity contribution in [2.45, 2.75) is 30.8 Å². The van der Waals surface area contributed by atoms with Gasteiger partial charge >= 0.3 is 0 Å². The molecule has 0 saturated heterocycles. The average Bonchev–Trinajstić information content (AvgIpc) is 2.46. The van der Waals surface area contributed by atoms with Crippen LogP contribution in [0.4, 0.5) is 0 Å². The monoisotopic (exact) mass is 288 g/mol. The second-order valence-electron chi connectivity index (χ2n) is 4.74. The molecule has 3 rings (SSSR count). The van der Waals surface area contributed by atoms with Crippen LogP contribution in [0.15, 0.2) is 40.0 Å². The van der Waals surface area contributed by atoms with Gasteiger partial charge < -0.3 is 9.72 Å². The van der Waals surface area contributed by atoms with Gasteiger partial charge in [0.1, 0.15) is 5.75 Å². The molecule has 20 heavy (non-hydrogen) atoms. The molecule has 1 aromatic carbocycles. The fourth-order valence-electron chi connectivity index (χ4n) is 2.22. The van der Waals surface area contributed by atoms with E-state index >= 15 is 0 Å². The quantitative estimate of drug-likeness (QED) is 0.943. The van der Waals surface area contributed by atoms with Gasteiger partial charge in [0, 0.05) is 22.4 Å². The fraction of sp³-hybridized carbons (Fsp3) is 0.333. The Kier molecular flexibility index (Phi) is 3.78. The molecular weight excluding hydrogens is 272 g/mol. The van der Waals surface area contributed by atoms with Crippen molar-refractivity contribution in [3.05, 3.63) is 52.2 Å². The highest BCUT2D eigenvalue weighted by Gasteiger charge is 2.23. The van der Waals surface area contributed by atoms with E-state index in [0.29, 0.717) is 5.82 Å². The number of aromatic nitrogens is 2. The zero-order valence-corrected chi connectivity index (χ0v) is 12.1. The van der Waals surface area contributed by atoms with E-state index in [1.807, 2.05) is 24.3 Å². The van der Waals surface area contributed by atoms with Crippen LogP contribution in [0.25, 0.3) is 0 Å². The summed E-state index contributed by atoms with van der Waals surface area (Å²) in [6.45, 7) is 2.08. The van der Waals surface area contributed by atoms with Gasteiger partial charge in [-0.2, -0.15) is 0 Å². The standard InChI is InChI=1S/C15H16N2O2S/c1-2-5-10-8-14(18)17-15(16-10)12-9-20-13-7-4-3-6-11(13)19-12/h3-4,6-8,12H,2,5,9H2,1H3,(H,16,17,18). The van der Waals surface area contributed by atoms with Gasteiger partial charge in [-0.1, -0.05) is 25.5 Å². The molecule has 104 valence electrons. The highest BCUT2D eigenvalue weighted by Crippen LogP contribution is 2.39. The molecule has 0 fully saturated rings. The lowest BCUT2D eigenvalue weighted by Gasteiger charge is -2.24. The molecule has 1 atom stereocenters. The number of ether oxygens (including phenoxy) is 1. The van der Waals surface area contributed by atoms with Gasteiger partial charge in [0.05, 0.1) is 0 Å². The van der Waals surface area contributed by atoms with E-state index in [-0.39, 0.29) is 11.7 Å². The minimum atomic E-state index is -0.195. The van der Waals surface area contributed by atoms with E-state index in [2.05, 4.69) is 16.9 Å². The van der Waals surface area contributed by atoms with Gasteiger partial charge in [0.25, 0.3) is 5.56 Å². The molecule has 5 heteroatoms. The number of fused-ring (bicyclic) bond motifs is 1. The summed E-state index contributed by atoms with van der Waals surface area (Å²) in [5.41, 5.74) is 0.726. The van der Waals surface area contributed by atoms with Crippen molar-refractivity contribution in [3.63, 3.8) is 0 Å². The maximum Gasteiger partial charge on any atom is 0.251 e. The van der Waals surface area contributed by atoms with Crippen LogP contribution in [-0.4, -0.2) is 15.7 Å². The van der Waals surface area contributed by atoms with Crippen molar-refractivity contribution in [3.8, 4) is 5.75 Å². The van der Waals surface area contributed by atoms with Crippen LogP contribution in [0.3, 0.4) is 0 Å². The lowest BCUT2D eigenvalue weighted by Crippen LogP contribution is -2.22. The van der Waals surface area contributed by atoms with Gasteiger partial charge in [0.2, 0.25) is 0 Å². The van der Waals surface area contributed by atoms with Crippen LogP contribution in [0.2, 0.25) is 0 Å². The Balaban J connectivity index is 1.89. The Morgan fingerprint density at radius 1 is 1.45 bits per heavy atom. The van der Waals surface area contributed by atoms with E-state index in [1.165, 1.54) is 0 Å². The summed E-state index contributed by atoms with van der Waals surface area (Å²) >= 11 is 1.73. The van der Waals surface area contributed by atoms with Crippen molar-refractivity contribution in [2.24, 2.45) is 0 Å². The lowest BCUT2D eigenvalue weighted by atomic mass is 10.2. The van der Waals surface area contributed by atoms with Crippen molar-refractivity contribution in [1.29, 1.82) is 0 Å². The third-order valence-electron chi connectivity index (χ3n) is 3.13. The third-order valence-corrected chi connectivity index (χ3v) is 4.25. The molecular formula is C15H16N2O2S. The number of aryl methyl sites for hydroxylation is 1. The third kappa shape index (κ3) is 2.72. The molecule has 0 bridgehead atoms. The van der Waals surface area contributed by atoms with Crippen LogP contribution < -0.4 is 10.3 Å². The van der Waals surface area contributed by atoms with Crippen molar-refractivity contribution < 1.29 is 4.74 Å². The van der Waals surface area contributed by atoms with Crippen LogP contribution in [0, 0.1) is 0 Å². The number of nitrogens with zero attached hydrogens (tertiary/aromatic N) is 1. The zero-order chi connectivity index (χ0) is 13.9. The second kappa shape index (κ2) is 5.71. The number of aromatic amines is 1.